The summed E-state index contributed by atoms with van der Waals surface area (Å²) in [6.45, 7) is 2.47. The van der Waals surface area contributed by atoms with Crippen LogP contribution in [0.5, 0.6) is 0 Å². The van der Waals surface area contributed by atoms with Crippen LogP contribution in [0.3, 0.4) is 0 Å². The normalized spacial score (nSPS) is 17.7. The summed E-state index contributed by atoms with van der Waals surface area (Å²) in [6, 6.07) is 90.7. The molecule has 6 nitrogen and oxygen atoms in total. The van der Waals surface area contributed by atoms with Crippen molar-refractivity contribution in [2.45, 2.75) is 44.4 Å². The van der Waals surface area contributed by atoms with Crippen molar-refractivity contribution >= 4 is 0 Å². The van der Waals surface area contributed by atoms with Crippen LogP contribution in [0.25, 0.3) is 124 Å². The van der Waals surface area contributed by atoms with Gasteiger partial charge < -0.3 is 0 Å². The second-order valence-electron chi connectivity index (χ2n) is 22.7. The zero-order valence-corrected chi connectivity index (χ0v) is 45.6. The van der Waals surface area contributed by atoms with Gasteiger partial charge in [0.05, 0.1) is 0 Å². The SMILES string of the molecule is CC1CC2CC3CC(CC23)c2cc(-c3cc(-c4ccccc4)ccc3-c3nc(-c4ccccc4)nc(-c4ccccc4)n3)ccc2-c2cc(-c3ccc(-c4nc(-c5ccccc5)nc(-c5ccccc5)n4)c(-c4ccccc4)c3)ccc21. The number of fused-ring (bicyclic) bond motifs is 5. The van der Waals surface area contributed by atoms with Crippen molar-refractivity contribution in [1.29, 1.82) is 0 Å². The Hall–Kier alpha value is -9.78. The Balaban J connectivity index is 0.896. The van der Waals surface area contributed by atoms with Gasteiger partial charge in [-0.05, 0) is 152 Å². The van der Waals surface area contributed by atoms with Gasteiger partial charge in [-0.3, -0.25) is 0 Å². The molecule has 12 aromatic rings. The van der Waals surface area contributed by atoms with E-state index in [2.05, 4.69) is 189 Å². The minimum atomic E-state index is 0.402. The monoisotopic (exact) mass is 1050 g/mol. The molecule has 0 aliphatic heterocycles. The molecule has 15 rings (SSSR count). The fourth-order valence-electron chi connectivity index (χ4n) is 13.6. The molecule has 10 aromatic carbocycles. The maximum atomic E-state index is 5.30. The zero-order valence-electron chi connectivity index (χ0n) is 45.6. The Bertz CT molecular complexity index is 4190. The van der Waals surface area contributed by atoms with Crippen molar-refractivity contribution in [2.24, 2.45) is 17.8 Å². The van der Waals surface area contributed by atoms with Crippen molar-refractivity contribution in [3.05, 3.63) is 266 Å². The average Bonchev–Trinajstić information content (AvgIpc) is 4.11. The molecule has 3 aliphatic carbocycles. The van der Waals surface area contributed by atoms with Gasteiger partial charge in [-0.2, -0.15) is 0 Å². The number of hydrogen-bond donors (Lipinski definition) is 0. The van der Waals surface area contributed by atoms with Crippen LogP contribution in [0, 0.1) is 17.8 Å². The first-order valence-electron chi connectivity index (χ1n) is 28.9. The fraction of sp³-hybridized carbons (Fsp3) is 0.132. The van der Waals surface area contributed by atoms with E-state index in [1.54, 1.807) is 0 Å². The minimum Gasteiger partial charge on any atom is -0.208 e. The molecule has 6 heteroatoms. The van der Waals surface area contributed by atoms with E-state index in [-0.39, 0.29) is 0 Å². The maximum Gasteiger partial charge on any atom is 0.164 e. The summed E-state index contributed by atoms with van der Waals surface area (Å²) in [5.74, 6) is 7.01. The van der Waals surface area contributed by atoms with E-state index >= 15 is 0 Å². The maximum absolute atomic E-state index is 5.30. The summed E-state index contributed by atoms with van der Waals surface area (Å²) in [7, 11) is 0. The van der Waals surface area contributed by atoms with Gasteiger partial charge in [0.15, 0.2) is 34.9 Å². The molecule has 2 fully saturated rings. The summed E-state index contributed by atoms with van der Waals surface area (Å²) in [4.78, 5) is 31.2. The van der Waals surface area contributed by atoms with Crippen LogP contribution in [0.2, 0.25) is 0 Å². The Morgan fingerprint density at radius 3 is 1.10 bits per heavy atom. The third kappa shape index (κ3) is 9.30. The van der Waals surface area contributed by atoms with Gasteiger partial charge in [-0.15, -0.1) is 0 Å². The molecule has 0 amide bonds. The van der Waals surface area contributed by atoms with E-state index < -0.39 is 0 Å². The highest BCUT2D eigenvalue weighted by molar-refractivity contribution is 5.90. The zero-order chi connectivity index (χ0) is 54.5. The molecule has 2 saturated carbocycles. The smallest absolute Gasteiger partial charge is 0.164 e. The molecule has 2 bridgehead atoms. The van der Waals surface area contributed by atoms with E-state index in [9.17, 15) is 0 Å². The molecular weight excluding hydrogens is 997 g/mol. The first kappa shape index (κ1) is 49.3. The lowest BCUT2D eigenvalue weighted by molar-refractivity contribution is 0.0894. The van der Waals surface area contributed by atoms with Crippen molar-refractivity contribution < 1.29 is 0 Å². The Morgan fingerprint density at radius 2 is 0.610 bits per heavy atom. The molecule has 0 radical (unpaired) electrons. The topological polar surface area (TPSA) is 77.3 Å². The first-order valence-corrected chi connectivity index (χ1v) is 28.9. The van der Waals surface area contributed by atoms with Crippen LogP contribution in [0.1, 0.15) is 55.6 Å². The highest BCUT2D eigenvalue weighted by atomic mass is 15.0. The summed E-state index contributed by atoms with van der Waals surface area (Å²) in [5.41, 5.74) is 20.3. The lowest BCUT2D eigenvalue weighted by Crippen LogP contribution is -2.33. The summed E-state index contributed by atoms with van der Waals surface area (Å²) < 4.78 is 0. The highest BCUT2D eigenvalue weighted by Crippen LogP contribution is 2.61. The van der Waals surface area contributed by atoms with Gasteiger partial charge in [0.25, 0.3) is 0 Å². The van der Waals surface area contributed by atoms with Crippen molar-refractivity contribution in [3.8, 4) is 124 Å². The number of aromatic nitrogens is 6. The molecular formula is C76H58N6. The number of rotatable bonds is 10. The second kappa shape index (κ2) is 21.0. The van der Waals surface area contributed by atoms with Crippen LogP contribution in [0.4, 0.5) is 0 Å². The van der Waals surface area contributed by atoms with Gasteiger partial charge >= 0.3 is 0 Å². The van der Waals surface area contributed by atoms with E-state index in [4.69, 9.17) is 29.9 Å². The van der Waals surface area contributed by atoms with Gasteiger partial charge in [0, 0.05) is 33.4 Å². The van der Waals surface area contributed by atoms with Crippen molar-refractivity contribution in [1.82, 2.24) is 29.9 Å². The molecule has 392 valence electrons. The minimum absolute atomic E-state index is 0.402. The van der Waals surface area contributed by atoms with Crippen molar-refractivity contribution in [3.63, 3.8) is 0 Å². The molecule has 2 aromatic heterocycles. The molecule has 3 aliphatic rings. The third-order valence-electron chi connectivity index (χ3n) is 17.7. The van der Waals surface area contributed by atoms with Crippen LogP contribution in [-0.2, 0) is 0 Å². The predicted molar refractivity (Wildman–Crippen MR) is 333 cm³/mol. The summed E-state index contributed by atoms with van der Waals surface area (Å²) in [5, 5.41) is 0. The van der Waals surface area contributed by atoms with Gasteiger partial charge in [0.2, 0.25) is 0 Å². The van der Waals surface area contributed by atoms with E-state index in [1.165, 1.54) is 64.6 Å². The number of hydrogen-bond acceptors (Lipinski definition) is 6. The molecule has 82 heavy (non-hydrogen) atoms. The van der Waals surface area contributed by atoms with Crippen molar-refractivity contribution in [2.75, 3.05) is 0 Å². The Labute approximate surface area is 479 Å². The average molecular weight is 1060 g/mol. The number of nitrogens with zero attached hydrogens (tertiary/aromatic N) is 6. The Morgan fingerprint density at radius 1 is 0.244 bits per heavy atom. The molecule has 5 unspecified atom stereocenters. The molecule has 0 saturated heterocycles. The van der Waals surface area contributed by atoms with E-state index in [0.717, 1.165) is 79.0 Å². The molecule has 2 heterocycles. The predicted octanol–water partition coefficient (Wildman–Crippen LogP) is 19.0. The standard InChI is InChI=1S/C76H58N6/c1-48-40-59-41-60-42-61(47-66(59)60)69-46-58(68-43-55(49-20-8-2-9-21-49)33-38-65(68)76-81-73(53-28-16-6-17-29-53)78-74(82-76)54-30-18-7-19-31-54)35-37-63(69)70-45-57(32-36-62(48)70)56-34-39-64(67(44-56)50-22-10-3-11-23-50)75-79-71(51-24-12-4-13-25-51)77-72(80-75)52-26-14-5-15-27-52/h2-39,43-46,48,59-61,66H,40-42,47H2,1H3. The van der Waals surface area contributed by atoms with Gasteiger partial charge in [-0.25, -0.2) is 29.9 Å². The van der Waals surface area contributed by atoms with E-state index in [1.807, 2.05) is 72.8 Å². The van der Waals surface area contributed by atoms with Crippen LogP contribution in [-0.4, -0.2) is 29.9 Å². The largest absolute Gasteiger partial charge is 0.208 e. The summed E-state index contributed by atoms with van der Waals surface area (Å²) >= 11 is 0. The van der Waals surface area contributed by atoms with Crippen LogP contribution in [0.15, 0.2) is 255 Å². The third-order valence-corrected chi connectivity index (χ3v) is 17.7. The molecule has 0 spiro atoms. The first-order chi connectivity index (χ1) is 40.5. The highest BCUT2D eigenvalue weighted by Gasteiger charge is 2.49. The van der Waals surface area contributed by atoms with E-state index in [0.29, 0.717) is 46.8 Å². The lowest BCUT2D eigenvalue weighted by Gasteiger charge is -2.42. The summed E-state index contributed by atoms with van der Waals surface area (Å²) in [6.07, 6.45) is 5.01. The van der Waals surface area contributed by atoms with Crippen LogP contribution >= 0.6 is 0 Å². The molecule has 0 N–H and O–H groups in total. The van der Waals surface area contributed by atoms with Gasteiger partial charge in [0.1, 0.15) is 0 Å². The van der Waals surface area contributed by atoms with Crippen LogP contribution < -0.4 is 0 Å². The Kier molecular flexibility index (Phi) is 12.6. The fourth-order valence-corrected chi connectivity index (χ4v) is 13.6. The molecule has 5 atom stereocenters. The number of benzene rings is 10. The van der Waals surface area contributed by atoms with Gasteiger partial charge in [-0.1, -0.05) is 231 Å². The second-order valence-corrected chi connectivity index (χ2v) is 22.7. The quantitative estimate of drug-likeness (QED) is 0.136. The lowest BCUT2D eigenvalue weighted by atomic mass is 9.63.